The fourth-order valence-electron chi connectivity index (χ4n) is 2.71. The van der Waals surface area contributed by atoms with Crippen molar-refractivity contribution in [2.24, 2.45) is 0 Å². The van der Waals surface area contributed by atoms with Gasteiger partial charge in [-0.1, -0.05) is 19.1 Å². The summed E-state index contributed by atoms with van der Waals surface area (Å²) in [5, 5.41) is 2.94. The molecule has 1 amide bonds. The number of aromatic nitrogens is 2. The van der Waals surface area contributed by atoms with E-state index in [-0.39, 0.29) is 11.6 Å². The lowest BCUT2D eigenvalue weighted by molar-refractivity contribution is -0.119. The molecule has 5 nitrogen and oxygen atoms in total. The van der Waals surface area contributed by atoms with Crippen molar-refractivity contribution in [3.05, 3.63) is 57.3 Å². The Morgan fingerprint density at radius 3 is 2.52 bits per heavy atom. The molecule has 0 spiro atoms. The molecule has 0 aliphatic carbocycles. The average molecular weight is 313 g/mol. The van der Waals surface area contributed by atoms with Crippen LogP contribution in [0.3, 0.4) is 0 Å². The zero-order valence-electron chi connectivity index (χ0n) is 14.3. The van der Waals surface area contributed by atoms with Gasteiger partial charge in [-0.25, -0.2) is 4.79 Å². The predicted molar refractivity (Wildman–Crippen MR) is 91.8 cm³/mol. The summed E-state index contributed by atoms with van der Waals surface area (Å²) in [7, 11) is 0. The number of carbonyl (C=O) groups is 1. The molecule has 0 fully saturated rings. The van der Waals surface area contributed by atoms with Crippen LogP contribution in [0, 0.1) is 27.7 Å². The molecule has 1 aromatic heterocycles. The summed E-state index contributed by atoms with van der Waals surface area (Å²) in [4.78, 5) is 28.9. The Bertz CT molecular complexity index is 793. The van der Waals surface area contributed by atoms with E-state index in [2.05, 4.69) is 10.3 Å². The van der Waals surface area contributed by atoms with Crippen LogP contribution in [0.2, 0.25) is 0 Å². The van der Waals surface area contributed by atoms with Crippen molar-refractivity contribution in [2.75, 3.05) is 5.32 Å². The van der Waals surface area contributed by atoms with E-state index in [1.54, 1.807) is 6.92 Å². The first-order valence-electron chi connectivity index (χ1n) is 7.78. The summed E-state index contributed by atoms with van der Waals surface area (Å²) >= 11 is 0. The third-order valence-corrected chi connectivity index (χ3v) is 3.93. The summed E-state index contributed by atoms with van der Waals surface area (Å²) < 4.78 is 1.47. The van der Waals surface area contributed by atoms with Crippen LogP contribution in [0.25, 0.3) is 0 Å². The molecule has 0 saturated carbocycles. The van der Waals surface area contributed by atoms with Crippen molar-refractivity contribution in [3.63, 3.8) is 0 Å². The molecule has 1 N–H and O–H groups in total. The largest absolute Gasteiger partial charge is 0.348 e. The van der Waals surface area contributed by atoms with E-state index in [4.69, 9.17) is 0 Å². The molecule has 0 aliphatic heterocycles. The second-order valence-electron chi connectivity index (χ2n) is 5.92. The van der Waals surface area contributed by atoms with Crippen molar-refractivity contribution in [3.8, 4) is 0 Å². The van der Waals surface area contributed by atoms with Crippen LogP contribution in [0.1, 0.15) is 41.9 Å². The maximum Gasteiger partial charge on any atom is 0.348 e. The molecular formula is C18H23N3O2. The first-order chi connectivity index (χ1) is 10.8. The van der Waals surface area contributed by atoms with Crippen LogP contribution in [0.4, 0.5) is 5.69 Å². The standard InChI is InChI=1S/C18H23N3O2/c1-6-16(21-14(5)10-13(4)19-18(21)23)17(22)20-15-9-11(2)7-8-12(15)3/h7-10,16H,6H2,1-5H3,(H,20,22)/t16-/m1/s1. The van der Waals surface area contributed by atoms with Gasteiger partial charge in [0.1, 0.15) is 6.04 Å². The molecule has 5 heteroatoms. The number of benzene rings is 1. The molecule has 23 heavy (non-hydrogen) atoms. The SMILES string of the molecule is CC[C@H](C(=O)Nc1cc(C)ccc1C)n1c(C)cc(C)nc1=O. The zero-order chi connectivity index (χ0) is 17.1. The van der Waals surface area contributed by atoms with E-state index in [0.717, 1.165) is 22.5 Å². The topological polar surface area (TPSA) is 64.0 Å². The molecule has 0 radical (unpaired) electrons. The fraction of sp³-hybridized carbons (Fsp3) is 0.389. The third-order valence-electron chi connectivity index (χ3n) is 3.93. The molecular weight excluding hydrogens is 290 g/mol. The summed E-state index contributed by atoms with van der Waals surface area (Å²) in [5.41, 5.74) is 3.86. The van der Waals surface area contributed by atoms with Gasteiger partial charge in [-0.2, -0.15) is 4.98 Å². The molecule has 0 saturated heterocycles. The Labute approximate surface area is 136 Å². The van der Waals surface area contributed by atoms with Crippen molar-refractivity contribution < 1.29 is 4.79 Å². The second kappa shape index (κ2) is 6.77. The summed E-state index contributed by atoms with van der Waals surface area (Å²) in [6.07, 6.45) is 0.516. The van der Waals surface area contributed by atoms with Crippen LogP contribution in [0.5, 0.6) is 0 Å². The summed E-state index contributed by atoms with van der Waals surface area (Å²) in [6, 6.07) is 7.14. The average Bonchev–Trinajstić information content (AvgIpc) is 2.46. The molecule has 2 aromatic rings. The van der Waals surface area contributed by atoms with Gasteiger partial charge in [0, 0.05) is 17.1 Å². The van der Waals surface area contributed by atoms with Gasteiger partial charge in [-0.3, -0.25) is 9.36 Å². The molecule has 0 unspecified atom stereocenters. The molecule has 1 atom stereocenters. The van der Waals surface area contributed by atoms with Gasteiger partial charge in [-0.15, -0.1) is 0 Å². The quantitative estimate of drug-likeness (QED) is 0.943. The van der Waals surface area contributed by atoms with Crippen LogP contribution in [0.15, 0.2) is 29.1 Å². The minimum atomic E-state index is -0.574. The molecule has 0 aliphatic rings. The highest BCUT2D eigenvalue weighted by Crippen LogP contribution is 2.20. The molecule has 122 valence electrons. The van der Waals surface area contributed by atoms with Crippen molar-refractivity contribution in [2.45, 2.75) is 47.1 Å². The number of aryl methyl sites for hydroxylation is 4. The fourth-order valence-corrected chi connectivity index (χ4v) is 2.71. The first kappa shape index (κ1) is 16.9. The molecule has 2 rings (SSSR count). The molecule has 1 aromatic carbocycles. The van der Waals surface area contributed by atoms with E-state index in [1.165, 1.54) is 4.57 Å². The Kier molecular flexibility index (Phi) is 4.98. The minimum Gasteiger partial charge on any atom is -0.324 e. The summed E-state index contributed by atoms with van der Waals surface area (Å²) in [5.74, 6) is -0.197. The third kappa shape index (κ3) is 3.67. The number of nitrogens with one attached hydrogen (secondary N) is 1. The lowest BCUT2D eigenvalue weighted by atomic mass is 10.1. The highest BCUT2D eigenvalue weighted by atomic mass is 16.2. The van der Waals surface area contributed by atoms with Gasteiger partial charge in [0.2, 0.25) is 5.91 Å². The van der Waals surface area contributed by atoms with Gasteiger partial charge < -0.3 is 5.32 Å². The number of hydrogen-bond donors (Lipinski definition) is 1. The lowest BCUT2D eigenvalue weighted by Crippen LogP contribution is -2.36. The van der Waals surface area contributed by atoms with Gasteiger partial charge in [-0.05, 0) is 57.4 Å². The molecule has 0 bridgehead atoms. The van der Waals surface area contributed by atoms with E-state index in [1.807, 2.05) is 52.0 Å². The van der Waals surface area contributed by atoms with Crippen molar-refractivity contribution >= 4 is 11.6 Å². The van der Waals surface area contributed by atoms with E-state index in [9.17, 15) is 9.59 Å². The van der Waals surface area contributed by atoms with Crippen LogP contribution in [-0.4, -0.2) is 15.5 Å². The van der Waals surface area contributed by atoms with Crippen molar-refractivity contribution in [1.29, 1.82) is 0 Å². The highest BCUT2D eigenvalue weighted by molar-refractivity contribution is 5.94. The van der Waals surface area contributed by atoms with E-state index in [0.29, 0.717) is 12.1 Å². The zero-order valence-corrected chi connectivity index (χ0v) is 14.3. The summed E-state index contributed by atoms with van der Waals surface area (Å²) in [6.45, 7) is 9.41. The van der Waals surface area contributed by atoms with Gasteiger partial charge in [0.25, 0.3) is 0 Å². The Morgan fingerprint density at radius 2 is 1.91 bits per heavy atom. The second-order valence-corrected chi connectivity index (χ2v) is 5.92. The Balaban J connectivity index is 2.36. The van der Waals surface area contributed by atoms with Gasteiger partial charge in [0.15, 0.2) is 0 Å². The Morgan fingerprint density at radius 1 is 1.22 bits per heavy atom. The monoisotopic (exact) mass is 313 g/mol. The van der Waals surface area contributed by atoms with Crippen molar-refractivity contribution in [1.82, 2.24) is 9.55 Å². The maximum atomic E-state index is 12.7. The number of nitrogens with zero attached hydrogens (tertiary/aromatic N) is 2. The smallest absolute Gasteiger partial charge is 0.324 e. The maximum absolute atomic E-state index is 12.7. The highest BCUT2D eigenvalue weighted by Gasteiger charge is 2.22. The predicted octanol–water partition coefficient (Wildman–Crippen LogP) is 3.07. The van der Waals surface area contributed by atoms with Crippen LogP contribution < -0.4 is 11.0 Å². The number of anilines is 1. The molecule has 1 heterocycles. The van der Waals surface area contributed by atoms with E-state index >= 15 is 0 Å². The minimum absolute atomic E-state index is 0.197. The normalized spacial score (nSPS) is 12.0. The van der Waals surface area contributed by atoms with E-state index < -0.39 is 6.04 Å². The van der Waals surface area contributed by atoms with Crippen LogP contribution >= 0.6 is 0 Å². The number of amides is 1. The number of hydrogen-bond acceptors (Lipinski definition) is 3. The Hall–Kier alpha value is -2.43. The number of carbonyl (C=O) groups excluding carboxylic acids is 1. The van der Waals surface area contributed by atoms with Gasteiger partial charge in [0.05, 0.1) is 0 Å². The van der Waals surface area contributed by atoms with Gasteiger partial charge >= 0.3 is 5.69 Å². The lowest BCUT2D eigenvalue weighted by Gasteiger charge is -2.20. The number of rotatable bonds is 4. The first-order valence-corrected chi connectivity index (χ1v) is 7.78. The van der Waals surface area contributed by atoms with Crippen LogP contribution in [-0.2, 0) is 4.79 Å².